The van der Waals surface area contributed by atoms with E-state index in [1.54, 1.807) is 0 Å². The molecule has 0 heterocycles. The molecule has 0 aromatic heterocycles. The summed E-state index contributed by atoms with van der Waals surface area (Å²) in [5.74, 6) is -0.0958. The number of carbonyl (C=O) groups is 1. The van der Waals surface area contributed by atoms with Crippen molar-refractivity contribution in [1.29, 1.82) is 0 Å². The molecule has 1 saturated carbocycles. The molecular weight excluding hydrogens is 170 g/mol. The van der Waals surface area contributed by atoms with E-state index >= 15 is 0 Å². The van der Waals surface area contributed by atoms with E-state index < -0.39 is 0 Å². The average Bonchev–Trinajstić information content (AvgIpc) is 2.92. The van der Waals surface area contributed by atoms with Crippen molar-refractivity contribution in [2.24, 2.45) is 5.41 Å². The van der Waals surface area contributed by atoms with Gasteiger partial charge in [0.15, 0.2) is 0 Å². The molecule has 1 rings (SSSR count). The fourth-order valence-electron chi connectivity index (χ4n) is 1.10. The molecule has 1 aliphatic rings. The molecule has 0 aromatic rings. The predicted molar refractivity (Wildman–Crippen MR) is 48.3 cm³/mol. The van der Waals surface area contributed by atoms with Gasteiger partial charge >= 0.3 is 0 Å². The first-order chi connectivity index (χ1) is 6.22. The highest BCUT2D eigenvalue weighted by molar-refractivity contribution is 5.77. The van der Waals surface area contributed by atoms with Gasteiger partial charge in [0.05, 0.1) is 6.61 Å². The van der Waals surface area contributed by atoms with Gasteiger partial charge in [-0.15, -0.1) is 0 Å². The molecule has 0 aliphatic heterocycles. The Labute approximate surface area is 78.3 Å². The molecule has 0 unspecified atom stereocenters. The SMILES string of the molecule is CCOCC(=O)NCC1(CO)CC1. The second-order valence-electron chi connectivity index (χ2n) is 3.57. The molecule has 0 saturated heterocycles. The molecule has 76 valence electrons. The summed E-state index contributed by atoms with van der Waals surface area (Å²) in [7, 11) is 0. The van der Waals surface area contributed by atoms with Gasteiger partial charge < -0.3 is 15.2 Å². The van der Waals surface area contributed by atoms with Gasteiger partial charge in [-0.3, -0.25) is 4.79 Å². The maximum atomic E-state index is 11.1. The quantitative estimate of drug-likeness (QED) is 0.611. The van der Waals surface area contributed by atoms with Crippen molar-refractivity contribution >= 4 is 5.91 Å². The number of carbonyl (C=O) groups excluding carboxylic acids is 1. The van der Waals surface area contributed by atoms with E-state index in [0.29, 0.717) is 13.2 Å². The molecule has 13 heavy (non-hydrogen) atoms. The third-order valence-electron chi connectivity index (χ3n) is 2.39. The van der Waals surface area contributed by atoms with Gasteiger partial charge in [-0.1, -0.05) is 0 Å². The number of aliphatic hydroxyl groups is 1. The van der Waals surface area contributed by atoms with Gasteiger partial charge in [-0.2, -0.15) is 0 Å². The summed E-state index contributed by atoms with van der Waals surface area (Å²) in [5.41, 5.74) is -0.0120. The van der Waals surface area contributed by atoms with Crippen LogP contribution in [0.5, 0.6) is 0 Å². The van der Waals surface area contributed by atoms with E-state index in [4.69, 9.17) is 9.84 Å². The van der Waals surface area contributed by atoms with Crippen LogP contribution in [0.2, 0.25) is 0 Å². The number of nitrogens with one attached hydrogen (secondary N) is 1. The van der Waals surface area contributed by atoms with Crippen LogP contribution in [0.3, 0.4) is 0 Å². The fraction of sp³-hybridized carbons (Fsp3) is 0.889. The lowest BCUT2D eigenvalue weighted by atomic mass is 10.1. The van der Waals surface area contributed by atoms with Gasteiger partial charge in [0.25, 0.3) is 0 Å². The lowest BCUT2D eigenvalue weighted by Gasteiger charge is -2.12. The number of aliphatic hydroxyl groups excluding tert-OH is 1. The Bertz CT molecular complexity index is 178. The monoisotopic (exact) mass is 187 g/mol. The normalized spacial score (nSPS) is 18.3. The Morgan fingerprint density at radius 1 is 1.62 bits per heavy atom. The maximum absolute atomic E-state index is 11.1. The van der Waals surface area contributed by atoms with Crippen LogP contribution in [0.4, 0.5) is 0 Å². The molecular formula is C9H17NO3. The largest absolute Gasteiger partial charge is 0.396 e. The van der Waals surface area contributed by atoms with Gasteiger partial charge in [0, 0.05) is 18.6 Å². The number of amides is 1. The first-order valence-corrected chi connectivity index (χ1v) is 4.68. The Balaban J connectivity index is 2.08. The highest BCUT2D eigenvalue weighted by atomic mass is 16.5. The van der Waals surface area contributed by atoms with Crippen LogP contribution in [0.25, 0.3) is 0 Å². The van der Waals surface area contributed by atoms with E-state index in [9.17, 15) is 4.79 Å². The van der Waals surface area contributed by atoms with Crippen molar-refractivity contribution in [3.63, 3.8) is 0 Å². The van der Waals surface area contributed by atoms with E-state index in [2.05, 4.69) is 5.32 Å². The highest BCUT2D eigenvalue weighted by Gasteiger charge is 2.41. The zero-order chi connectivity index (χ0) is 9.73. The van der Waals surface area contributed by atoms with Gasteiger partial charge in [-0.25, -0.2) is 0 Å². The minimum absolute atomic E-state index is 0.0120. The lowest BCUT2D eigenvalue weighted by molar-refractivity contribution is -0.125. The van der Waals surface area contributed by atoms with Crippen LogP contribution in [-0.4, -0.2) is 37.4 Å². The molecule has 0 radical (unpaired) electrons. The first kappa shape index (κ1) is 10.5. The maximum Gasteiger partial charge on any atom is 0.246 e. The van der Waals surface area contributed by atoms with E-state index in [1.165, 1.54) is 0 Å². The van der Waals surface area contributed by atoms with Crippen molar-refractivity contribution in [1.82, 2.24) is 5.32 Å². The molecule has 1 amide bonds. The van der Waals surface area contributed by atoms with E-state index in [-0.39, 0.29) is 24.5 Å². The molecule has 1 fully saturated rings. The third kappa shape index (κ3) is 3.32. The molecule has 0 bridgehead atoms. The van der Waals surface area contributed by atoms with E-state index in [0.717, 1.165) is 12.8 Å². The van der Waals surface area contributed by atoms with Crippen LogP contribution in [-0.2, 0) is 9.53 Å². The lowest BCUT2D eigenvalue weighted by Crippen LogP contribution is -2.34. The second kappa shape index (κ2) is 4.58. The Kier molecular flexibility index (Phi) is 3.69. The summed E-state index contributed by atoms with van der Waals surface area (Å²) in [5, 5.41) is 11.7. The highest BCUT2D eigenvalue weighted by Crippen LogP contribution is 2.44. The van der Waals surface area contributed by atoms with Crippen LogP contribution < -0.4 is 5.32 Å². The third-order valence-corrected chi connectivity index (χ3v) is 2.39. The Morgan fingerprint density at radius 3 is 2.77 bits per heavy atom. The van der Waals surface area contributed by atoms with Gasteiger partial charge in [0.2, 0.25) is 5.91 Å². The molecule has 0 atom stereocenters. The smallest absolute Gasteiger partial charge is 0.246 e. The van der Waals surface area contributed by atoms with Crippen molar-refractivity contribution in [3.05, 3.63) is 0 Å². The summed E-state index contributed by atoms with van der Waals surface area (Å²) in [6, 6.07) is 0. The van der Waals surface area contributed by atoms with Gasteiger partial charge in [-0.05, 0) is 19.8 Å². The van der Waals surface area contributed by atoms with Crippen molar-refractivity contribution in [2.75, 3.05) is 26.4 Å². The van der Waals surface area contributed by atoms with Crippen LogP contribution in [0.1, 0.15) is 19.8 Å². The average molecular weight is 187 g/mol. The molecule has 4 nitrogen and oxygen atoms in total. The van der Waals surface area contributed by atoms with Crippen molar-refractivity contribution in [2.45, 2.75) is 19.8 Å². The Morgan fingerprint density at radius 2 is 2.31 bits per heavy atom. The Hall–Kier alpha value is -0.610. The number of hydrogen-bond acceptors (Lipinski definition) is 3. The van der Waals surface area contributed by atoms with Crippen molar-refractivity contribution < 1.29 is 14.6 Å². The van der Waals surface area contributed by atoms with Crippen molar-refractivity contribution in [3.8, 4) is 0 Å². The summed E-state index contributed by atoms with van der Waals surface area (Å²) in [4.78, 5) is 11.1. The summed E-state index contributed by atoms with van der Waals surface area (Å²) in [6.45, 7) is 3.28. The molecule has 0 aromatic carbocycles. The molecule has 0 spiro atoms. The zero-order valence-corrected chi connectivity index (χ0v) is 8.01. The minimum Gasteiger partial charge on any atom is -0.396 e. The molecule has 1 aliphatic carbocycles. The summed E-state index contributed by atoms with van der Waals surface area (Å²) in [6.07, 6.45) is 2.02. The van der Waals surface area contributed by atoms with Crippen LogP contribution in [0, 0.1) is 5.41 Å². The van der Waals surface area contributed by atoms with Crippen LogP contribution >= 0.6 is 0 Å². The van der Waals surface area contributed by atoms with E-state index in [1.807, 2.05) is 6.92 Å². The molecule has 2 N–H and O–H groups in total. The number of rotatable bonds is 6. The summed E-state index contributed by atoms with van der Waals surface area (Å²) >= 11 is 0. The van der Waals surface area contributed by atoms with Gasteiger partial charge in [0.1, 0.15) is 6.61 Å². The van der Waals surface area contributed by atoms with Crippen LogP contribution in [0.15, 0.2) is 0 Å². The fourth-order valence-corrected chi connectivity index (χ4v) is 1.10. The second-order valence-corrected chi connectivity index (χ2v) is 3.57. The number of hydrogen-bond donors (Lipinski definition) is 2. The number of ether oxygens (including phenoxy) is 1. The zero-order valence-electron chi connectivity index (χ0n) is 8.01. The topological polar surface area (TPSA) is 58.6 Å². The standard InChI is InChI=1S/C9H17NO3/c1-2-13-5-8(12)10-6-9(7-11)3-4-9/h11H,2-7H2,1H3,(H,10,12). The predicted octanol–water partition coefficient (Wildman–Crippen LogP) is -0.0884. The minimum atomic E-state index is -0.0958. The molecule has 4 heteroatoms. The summed E-state index contributed by atoms with van der Waals surface area (Å²) < 4.78 is 4.94. The first-order valence-electron chi connectivity index (χ1n) is 4.68.